The minimum Gasteiger partial charge on any atom is -0.493 e. The van der Waals surface area contributed by atoms with Crippen molar-refractivity contribution in [1.29, 1.82) is 0 Å². The van der Waals surface area contributed by atoms with Crippen LogP contribution < -0.4 is 20.1 Å². The van der Waals surface area contributed by atoms with E-state index >= 15 is 0 Å². The van der Waals surface area contributed by atoms with Gasteiger partial charge in [0.1, 0.15) is 12.1 Å². The van der Waals surface area contributed by atoms with Crippen LogP contribution in [0, 0.1) is 12.8 Å². The molecule has 1 aliphatic heterocycles. The standard InChI is InChI=1S/C24H27N5O3/c1-15-4-5-20-19(10-15)27-24(30)29(20)13-16-6-8-28(9-7-16)23-17-11-21(31-2)22(32-3)12-18(17)25-14-26-23/h4-5,10-12,14,16H,6-9,13H2,1-3H3,(H,27,30). The first-order chi connectivity index (χ1) is 15.6. The zero-order valence-corrected chi connectivity index (χ0v) is 18.6. The lowest BCUT2D eigenvalue weighted by molar-refractivity contribution is 0.355. The number of imidazole rings is 1. The molecule has 166 valence electrons. The smallest absolute Gasteiger partial charge is 0.326 e. The number of nitrogens with zero attached hydrogens (tertiary/aromatic N) is 4. The second-order valence-electron chi connectivity index (χ2n) is 8.41. The van der Waals surface area contributed by atoms with Gasteiger partial charge in [-0.1, -0.05) is 6.07 Å². The van der Waals surface area contributed by atoms with Crippen molar-refractivity contribution in [3.63, 3.8) is 0 Å². The number of ether oxygens (including phenoxy) is 2. The predicted octanol–water partition coefficient (Wildman–Crippen LogP) is 3.52. The van der Waals surface area contributed by atoms with Crippen LogP contribution in [-0.4, -0.2) is 46.8 Å². The number of aromatic amines is 1. The predicted molar refractivity (Wildman–Crippen MR) is 125 cm³/mol. The second-order valence-corrected chi connectivity index (χ2v) is 8.41. The van der Waals surface area contributed by atoms with Gasteiger partial charge in [0.15, 0.2) is 11.5 Å². The molecule has 1 aliphatic rings. The Morgan fingerprint density at radius 2 is 1.81 bits per heavy atom. The molecule has 8 nitrogen and oxygen atoms in total. The molecular weight excluding hydrogens is 406 g/mol. The van der Waals surface area contributed by atoms with Gasteiger partial charge in [-0.25, -0.2) is 14.8 Å². The number of methoxy groups -OCH3 is 2. The van der Waals surface area contributed by atoms with Gasteiger partial charge in [0.2, 0.25) is 0 Å². The van der Waals surface area contributed by atoms with Gasteiger partial charge < -0.3 is 19.4 Å². The van der Waals surface area contributed by atoms with Crippen LogP contribution in [0.3, 0.4) is 0 Å². The number of hydrogen-bond donors (Lipinski definition) is 1. The first-order valence-corrected chi connectivity index (χ1v) is 10.9. The van der Waals surface area contributed by atoms with Crippen molar-refractivity contribution in [3.05, 3.63) is 52.7 Å². The van der Waals surface area contributed by atoms with Crippen LogP contribution in [0.25, 0.3) is 21.9 Å². The summed E-state index contributed by atoms with van der Waals surface area (Å²) in [6.07, 6.45) is 3.58. The first kappa shape index (κ1) is 20.4. The number of piperidine rings is 1. The Balaban J connectivity index is 1.36. The van der Waals surface area contributed by atoms with E-state index in [-0.39, 0.29) is 5.69 Å². The molecular formula is C24H27N5O3. The summed E-state index contributed by atoms with van der Waals surface area (Å²) < 4.78 is 12.8. The first-order valence-electron chi connectivity index (χ1n) is 10.9. The second kappa shape index (κ2) is 8.18. The van der Waals surface area contributed by atoms with Gasteiger partial charge in [-0.2, -0.15) is 0 Å². The highest BCUT2D eigenvalue weighted by Gasteiger charge is 2.24. The minimum atomic E-state index is -0.0316. The van der Waals surface area contributed by atoms with Crippen LogP contribution in [0.5, 0.6) is 11.5 Å². The third-order valence-electron chi connectivity index (χ3n) is 6.40. The Morgan fingerprint density at radius 3 is 2.56 bits per heavy atom. The van der Waals surface area contributed by atoms with Gasteiger partial charge >= 0.3 is 5.69 Å². The number of benzene rings is 2. The summed E-state index contributed by atoms with van der Waals surface area (Å²) in [5.41, 5.74) is 3.83. The van der Waals surface area contributed by atoms with E-state index in [9.17, 15) is 4.79 Å². The van der Waals surface area contributed by atoms with Gasteiger partial charge in [0.25, 0.3) is 0 Å². The van der Waals surface area contributed by atoms with Gasteiger partial charge in [0, 0.05) is 31.1 Å². The lowest BCUT2D eigenvalue weighted by Gasteiger charge is -2.33. The fourth-order valence-corrected chi connectivity index (χ4v) is 4.67. The monoisotopic (exact) mass is 433 g/mol. The Morgan fingerprint density at radius 1 is 1.06 bits per heavy atom. The molecule has 0 spiro atoms. The number of H-pyrrole nitrogens is 1. The summed E-state index contributed by atoms with van der Waals surface area (Å²) in [6.45, 7) is 4.52. The number of rotatable bonds is 5. The normalized spacial score (nSPS) is 14.9. The van der Waals surface area contributed by atoms with E-state index in [0.717, 1.165) is 65.8 Å². The van der Waals surface area contributed by atoms with E-state index in [1.807, 2.05) is 35.8 Å². The summed E-state index contributed by atoms with van der Waals surface area (Å²) in [4.78, 5) is 26.8. The third-order valence-corrected chi connectivity index (χ3v) is 6.40. The SMILES string of the molecule is COc1cc2ncnc(N3CCC(Cn4c(=O)[nH]c5cc(C)ccc54)CC3)c2cc1OC. The minimum absolute atomic E-state index is 0.0316. The summed E-state index contributed by atoms with van der Waals surface area (Å²) in [7, 11) is 3.25. The lowest BCUT2D eigenvalue weighted by atomic mass is 9.96. The van der Waals surface area contributed by atoms with Gasteiger partial charge in [0.05, 0.1) is 30.8 Å². The van der Waals surface area contributed by atoms with Crippen LogP contribution in [-0.2, 0) is 6.54 Å². The van der Waals surface area contributed by atoms with Gasteiger partial charge in [-0.05, 0) is 49.4 Å². The summed E-state index contributed by atoms with van der Waals surface area (Å²) in [5.74, 6) is 2.67. The zero-order chi connectivity index (χ0) is 22.2. The molecule has 8 heteroatoms. The molecule has 2 aromatic heterocycles. The molecule has 4 aromatic rings. The Labute approximate surface area is 185 Å². The Hall–Kier alpha value is -3.55. The summed E-state index contributed by atoms with van der Waals surface area (Å²) in [5, 5.41) is 0.951. The van der Waals surface area contributed by atoms with Crippen LogP contribution in [0.15, 0.2) is 41.5 Å². The molecule has 0 saturated carbocycles. The highest BCUT2D eigenvalue weighted by molar-refractivity contribution is 5.92. The molecule has 0 radical (unpaired) electrons. The average molecular weight is 434 g/mol. The number of nitrogens with one attached hydrogen (secondary N) is 1. The van der Waals surface area contributed by atoms with Crippen LogP contribution in [0.2, 0.25) is 0 Å². The zero-order valence-electron chi connectivity index (χ0n) is 18.6. The molecule has 0 bridgehead atoms. The van der Waals surface area contributed by atoms with E-state index in [0.29, 0.717) is 17.4 Å². The largest absolute Gasteiger partial charge is 0.493 e. The number of aryl methyl sites for hydroxylation is 1. The fourth-order valence-electron chi connectivity index (χ4n) is 4.67. The molecule has 5 rings (SSSR count). The van der Waals surface area contributed by atoms with E-state index in [2.05, 4.69) is 25.9 Å². The van der Waals surface area contributed by atoms with Crippen molar-refractivity contribution < 1.29 is 9.47 Å². The Bertz CT molecular complexity index is 1330. The average Bonchev–Trinajstić information content (AvgIpc) is 3.12. The molecule has 0 amide bonds. The highest BCUT2D eigenvalue weighted by atomic mass is 16.5. The number of fused-ring (bicyclic) bond motifs is 2. The van der Waals surface area contributed by atoms with Crippen molar-refractivity contribution in [2.24, 2.45) is 5.92 Å². The van der Waals surface area contributed by atoms with Crippen molar-refractivity contribution in [2.45, 2.75) is 26.3 Å². The van der Waals surface area contributed by atoms with E-state index in [1.165, 1.54) is 0 Å². The Kier molecular flexibility index (Phi) is 5.20. The van der Waals surface area contributed by atoms with Crippen LogP contribution >= 0.6 is 0 Å². The molecule has 0 unspecified atom stereocenters. The quantitative estimate of drug-likeness (QED) is 0.518. The van der Waals surface area contributed by atoms with Crippen molar-refractivity contribution in [3.8, 4) is 11.5 Å². The molecule has 0 aliphatic carbocycles. The summed E-state index contributed by atoms with van der Waals surface area (Å²) in [6, 6.07) is 9.95. The maximum atomic E-state index is 12.5. The molecule has 2 aromatic carbocycles. The number of anilines is 1. The molecule has 1 N–H and O–H groups in total. The number of aromatic nitrogens is 4. The third kappa shape index (κ3) is 3.55. The van der Waals surface area contributed by atoms with Gasteiger partial charge in [-0.3, -0.25) is 4.57 Å². The van der Waals surface area contributed by atoms with E-state index in [1.54, 1.807) is 20.5 Å². The van der Waals surface area contributed by atoms with Crippen molar-refractivity contribution >= 4 is 27.8 Å². The van der Waals surface area contributed by atoms with E-state index < -0.39 is 0 Å². The van der Waals surface area contributed by atoms with Crippen molar-refractivity contribution in [1.82, 2.24) is 19.5 Å². The highest BCUT2D eigenvalue weighted by Crippen LogP contribution is 2.35. The lowest BCUT2D eigenvalue weighted by Crippen LogP contribution is -2.36. The maximum absolute atomic E-state index is 12.5. The fraction of sp³-hybridized carbons (Fsp3) is 0.375. The van der Waals surface area contributed by atoms with Crippen molar-refractivity contribution in [2.75, 3.05) is 32.2 Å². The molecule has 3 heterocycles. The maximum Gasteiger partial charge on any atom is 0.326 e. The molecule has 32 heavy (non-hydrogen) atoms. The van der Waals surface area contributed by atoms with Crippen LogP contribution in [0.1, 0.15) is 18.4 Å². The molecule has 1 fully saturated rings. The number of hydrogen-bond acceptors (Lipinski definition) is 6. The summed E-state index contributed by atoms with van der Waals surface area (Å²) >= 11 is 0. The van der Waals surface area contributed by atoms with E-state index in [4.69, 9.17) is 9.47 Å². The topological polar surface area (TPSA) is 85.3 Å². The molecule has 0 atom stereocenters. The van der Waals surface area contributed by atoms with Gasteiger partial charge in [-0.15, -0.1) is 0 Å². The molecule has 1 saturated heterocycles. The van der Waals surface area contributed by atoms with Crippen LogP contribution in [0.4, 0.5) is 5.82 Å².